The number of likely N-dealkylation sites (N-methyl/N-ethyl adjacent to an activating group) is 1. The molecule has 1 aliphatic rings. The molecule has 2 N–H and O–H groups in total. The standard InChI is InChI=1S/C24H25N3O3/c1-27(2)10-11-30-18-8-9-19-16(12-18)13-20-21(24(25)28)14-22(26-23(19)20)15-4-6-17(29-3)7-5-15/h4-9,12,14H,10-11,13H2,1-3H3,(H2,25,28). The maximum atomic E-state index is 12.2. The van der Waals surface area contributed by atoms with Crippen molar-refractivity contribution in [1.82, 2.24) is 9.88 Å². The van der Waals surface area contributed by atoms with Crippen LogP contribution in [0.5, 0.6) is 11.5 Å². The van der Waals surface area contributed by atoms with E-state index >= 15 is 0 Å². The molecule has 0 spiro atoms. The smallest absolute Gasteiger partial charge is 0.249 e. The Morgan fingerprint density at radius 1 is 1.10 bits per heavy atom. The average molecular weight is 403 g/mol. The highest BCUT2D eigenvalue weighted by Crippen LogP contribution is 2.40. The summed E-state index contributed by atoms with van der Waals surface area (Å²) in [6.07, 6.45) is 0.615. The van der Waals surface area contributed by atoms with Gasteiger partial charge in [0.2, 0.25) is 5.91 Å². The Bertz CT molecular complexity index is 1090. The van der Waals surface area contributed by atoms with Crippen molar-refractivity contribution in [2.45, 2.75) is 6.42 Å². The second-order valence-corrected chi connectivity index (χ2v) is 7.62. The van der Waals surface area contributed by atoms with Gasteiger partial charge in [0.15, 0.2) is 0 Å². The summed E-state index contributed by atoms with van der Waals surface area (Å²) in [6, 6.07) is 15.4. The highest BCUT2D eigenvalue weighted by Gasteiger charge is 2.26. The highest BCUT2D eigenvalue weighted by molar-refractivity contribution is 5.98. The van der Waals surface area contributed by atoms with E-state index in [2.05, 4.69) is 4.90 Å². The maximum Gasteiger partial charge on any atom is 0.249 e. The Kier molecular flexibility index (Phi) is 5.42. The molecular formula is C24H25N3O3. The van der Waals surface area contributed by atoms with Crippen LogP contribution >= 0.6 is 0 Å². The Hall–Kier alpha value is -3.38. The number of carbonyl (C=O) groups is 1. The van der Waals surface area contributed by atoms with Gasteiger partial charge < -0.3 is 20.1 Å². The first kappa shape index (κ1) is 19.9. The number of amides is 1. The molecular weight excluding hydrogens is 378 g/mol. The number of nitrogens with zero attached hydrogens (tertiary/aromatic N) is 2. The van der Waals surface area contributed by atoms with E-state index in [1.807, 2.05) is 56.6 Å². The quantitative estimate of drug-likeness (QED) is 0.512. The molecule has 1 amide bonds. The molecule has 0 atom stereocenters. The SMILES string of the molecule is COc1ccc(-c2cc(C(N)=O)c3c(n2)-c2ccc(OCCN(C)C)cc2C3)cc1. The third kappa shape index (κ3) is 3.86. The van der Waals surface area contributed by atoms with Crippen molar-refractivity contribution >= 4 is 5.91 Å². The largest absolute Gasteiger partial charge is 0.497 e. The topological polar surface area (TPSA) is 77.7 Å². The molecule has 0 unspecified atom stereocenters. The van der Waals surface area contributed by atoms with E-state index in [0.717, 1.165) is 46.0 Å². The molecule has 0 aliphatic heterocycles. The van der Waals surface area contributed by atoms with Crippen LogP contribution in [0.15, 0.2) is 48.5 Å². The van der Waals surface area contributed by atoms with Gasteiger partial charge in [0.05, 0.1) is 18.5 Å². The van der Waals surface area contributed by atoms with Crippen LogP contribution in [0.3, 0.4) is 0 Å². The number of carbonyl (C=O) groups excluding carboxylic acids is 1. The fourth-order valence-corrected chi connectivity index (χ4v) is 3.68. The van der Waals surface area contributed by atoms with Crippen molar-refractivity contribution in [3.8, 4) is 34.0 Å². The number of aromatic nitrogens is 1. The van der Waals surface area contributed by atoms with Gasteiger partial charge in [-0.05, 0) is 73.8 Å². The average Bonchev–Trinajstić information content (AvgIpc) is 3.10. The lowest BCUT2D eigenvalue weighted by Gasteiger charge is -2.12. The molecule has 6 nitrogen and oxygen atoms in total. The van der Waals surface area contributed by atoms with Crippen molar-refractivity contribution in [1.29, 1.82) is 0 Å². The number of fused-ring (bicyclic) bond motifs is 3. The molecule has 0 saturated heterocycles. The molecule has 2 aromatic carbocycles. The monoisotopic (exact) mass is 403 g/mol. The summed E-state index contributed by atoms with van der Waals surface area (Å²) in [5.41, 5.74) is 11.6. The fraction of sp³-hybridized carbons (Fsp3) is 0.250. The molecule has 0 radical (unpaired) electrons. The number of hydrogen-bond acceptors (Lipinski definition) is 5. The van der Waals surface area contributed by atoms with Gasteiger partial charge in [-0.2, -0.15) is 0 Å². The molecule has 6 heteroatoms. The van der Waals surface area contributed by atoms with E-state index in [0.29, 0.717) is 24.3 Å². The fourth-order valence-electron chi connectivity index (χ4n) is 3.68. The number of rotatable bonds is 7. The van der Waals surface area contributed by atoms with Crippen LogP contribution < -0.4 is 15.2 Å². The van der Waals surface area contributed by atoms with E-state index in [-0.39, 0.29) is 0 Å². The lowest BCUT2D eigenvalue weighted by Crippen LogP contribution is -2.19. The Morgan fingerprint density at radius 2 is 1.83 bits per heavy atom. The molecule has 0 saturated carbocycles. The molecule has 0 bridgehead atoms. The van der Waals surface area contributed by atoms with Gasteiger partial charge in [-0.1, -0.05) is 0 Å². The van der Waals surface area contributed by atoms with Crippen LogP contribution in [0, 0.1) is 0 Å². The van der Waals surface area contributed by atoms with Crippen molar-refractivity contribution in [2.75, 3.05) is 34.4 Å². The lowest BCUT2D eigenvalue weighted by molar-refractivity contribution is 0.0999. The molecule has 0 fully saturated rings. The number of nitrogens with two attached hydrogens (primary N) is 1. The van der Waals surface area contributed by atoms with Crippen molar-refractivity contribution in [3.63, 3.8) is 0 Å². The molecule has 154 valence electrons. The number of primary amides is 1. The van der Waals surface area contributed by atoms with Crippen LogP contribution in [0.4, 0.5) is 0 Å². The summed E-state index contributed by atoms with van der Waals surface area (Å²) >= 11 is 0. The van der Waals surface area contributed by atoms with Gasteiger partial charge >= 0.3 is 0 Å². The second-order valence-electron chi connectivity index (χ2n) is 7.62. The number of hydrogen-bond donors (Lipinski definition) is 1. The van der Waals surface area contributed by atoms with Gasteiger partial charge in [0.25, 0.3) is 0 Å². The third-order valence-electron chi connectivity index (χ3n) is 5.28. The normalized spacial score (nSPS) is 11.9. The summed E-state index contributed by atoms with van der Waals surface area (Å²) < 4.78 is 11.1. The predicted octanol–water partition coefficient (Wildman–Crippen LogP) is 3.37. The van der Waals surface area contributed by atoms with E-state index in [1.165, 1.54) is 0 Å². The van der Waals surface area contributed by atoms with Crippen LogP contribution in [0.1, 0.15) is 21.5 Å². The van der Waals surface area contributed by atoms with E-state index in [9.17, 15) is 4.79 Å². The third-order valence-corrected chi connectivity index (χ3v) is 5.28. The minimum Gasteiger partial charge on any atom is -0.497 e. The molecule has 1 aromatic heterocycles. The minimum atomic E-state index is -0.446. The van der Waals surface area contributed by atoms with Crippen LogP contribution in [-0.2, 0) is 6.42 Å². The molecule has 30 heavy (non-hydrogen) atoms. The van der Waals surface area contributed by atoms with Gasteiger partial charge in [0.1, 0.15) is 18.1 Å². The zero-order valence-electron chi connectivity index (χ0n) is 17.4. The predicted molar refractivity (Wildman–Crippen MR) is 117 cm³/mol. The Balaban J connectivity index is 1.71. The van der Waals surface area contributed by atoms with E-state index in [1.54, 1.807) is 13.2 Å². The summed E-state index contributed by atoms with van der Waals surface area (Å²) in [6.45, 7) is 1.46. The van der Waals surface area contributed by atoms with Crippen molar-refractivity contribution in [2.24, 2.45) is 5.73 Å². The first-order chi connectivity index (χ1) is 14.5. The molecule has 4 rings (SSSR count). The Morgan fingerprint density at radius 3 is 2.50 bits per heavy atom. The number of methoxy groups -OCH3 is 1. The minimum absolute atomic E-state index is 0.446. The van der Waals surface area contributed by atoms with Crippen molar-refractivity contribution < 1.29 is 14.3 Å². The summed E-state index contributed by atoms with van der Waals surface area (Å²) in [4.78, 5) is 19.2. The molecule has 1 aliphatic carbocycles. The van der Waals surface area contributed by atoms with Crippen LogP contribution in [0.2, 0.25) is 0 Å². The summed E-state index contributed by atoms with van der Waals surface area (Å²) in [5.74, 6) is 1.14. The van der Waals surface area contributed by atoms with Gasteiger partial charge in [-0.15, -0.1) is 0 Å². The lowest BCUT2D eigenvalue weighted by atomic mass is 10.0. The number of ether oxygens (including phenoxy) is 2. The first-order valence-corrected chi connectivity index (χ1v) is 9.85. The molecule has 3 aromatic rings. The molecule has 1 heterocycles. The van der Waals surface area contributed by atoms with Crippen LogP contribution in [0.25, 0.3) is 22.5 Å². The van der Waals surface area contributed by atoms with E-state index < -0.39 is 5.91 Å². The zero-order valence-corrected chi connectivity index (χ0v) is 17.4. The van der Waals surface area contributed by atoms with Gasteiger partial charge in [-0.25, -0.2) is 4.98 Å². The van der Waals surface area contributed by atoms with E-state index in [4.69, 9.17) is 20.2 Å². The van der Waals surface area contributed by atoms with Gasteiger partial charge in [-0.3, -0.25) is 4.79 Å². The second kappa shape index (κ2) is 8.16. The van der Waals surface area contributed by atoms with Crippen LogP contribution in [-0.4, -0.2) is 50.1 Å². The zero-order chi connectivity index (χ0) is 21.3. The Labute approximate surface area is 176 Å². The number of benzene rings is 2. The maximum absolute atomic E-state index is 12.2. The summed E-state index contributed by atoms with van der Waals surface area (Å²) in [7, 11) is 5.66. The summed E-state index contributed by atoms with van der Waals surface area (Å²) in [5, 5.41) is 0. The van der Waals surface area contributed by atoms with Gasteiger partial charge in [0, 0.05) is 29.7 Å². The number of pyridine rings is 1. The van der Waals surface area contributed by atoms with Crippen molar-refractivity contribution in [3.05, 3.63) is 65.2 Å². The highest BCUT2D eigenvalue weighted by atomic mass is 16.5. The first-order valence-electron chi connectivity index (χ1n) is 9.85.